The summed E-state index contributed by atoms with van der Waals surface area (Å²) in [6.45, 7) is 1.20. The summed E-state index contributed by atoms with van der Waals surface area (Å²) in [4.78, 5) is 35.0. The molecule has 3 aromatic heterocycles. The molecule has 134 valence electrons. The minimum absolute atomic E-state index is 0.0454. The SMILES string of the molecule is O=C(c1ccon1)N1CCCC(c2cc(=O)[nH]c(Cc3cccs3)n2)C1. The maximum absolute atomic E-state index is 12.5. The van der Waals surface area contributed by atoms with Crippen LogP contribution in [0.4, 0.5) is 0 Å². The molecule has 26 heavy (non-hydrogen) atoms. The Hall–Kier alpha value is -2.74. The predicted molar refractivity (Wildman–Crippen MR) is 96.4 cm³/mol. The highest BCUT2D eigenvalue weighted by molar-refractivity contribution is 7.09. The van der Waals surface area contributed by atoms with Crippen molar-refractivity contribution in [3.8, 4) is 0 Å². The molecule has 8 heteroatoms. The van der Waals surface area contributed by atoms with E-state index < -0.39 is 0 Å². The number of thiophene rings is 1. The molecule has 4 heterocycles. The first kappa shape index (κ1) is 16.7. The van der Waals surface area contributed by atoms with E-state index in [0.29, 0.717) is 31.0 Å². The van der Waals surface area contributed by atoms with Gasteiger partial charge in [0.25, 0.3) is 11.5 Å². The summed E-state index contributed by atoms with van der Waals surface area (Å²) in [6.07, 6.45) is 3.76. The molecule has 1 aliphatic heterocycles. The Balaban J connectivity index is 1.54. The van der Waals surface area contributed by atoms with Gasteiger partial charge in [-0.05, 0) is 24.3 Å². The Morgan fingerprint density at radius 2 is 2.35 bits per heavy atom. The highest BCUT2D eigenvalue weighted by Gasteiger charge is 2.28. The normalized spacial score (nSPS) is 17.4. The van der Waals surface area contributed by atoms with Crippen molar-refractivity contribution >= 4 is 17.2 Å². The summed E-state index contributed by atoms with van der Waals surface area (Å²) in [5.74, 6) is 0.561. The van der Waals surface area contributed by atoms with Gasteiger partial charge in [-0.2, -0.15) is 0 Å². The number of carbonyl (C=O) groups excluding carboxylic acids is 1. The molecule has 0 aliphatic carbocycles. The Bertz CT molecular complexity index is 934. The van der Waals surface area contributed by atoms with Crippen LogP contribution in [0.3, 0.4) is 0 Å². The lowest BCUT2D eigenvalue weighted by atomic mass is 9.94. The third-order valence-corrected chi connectivity index (χ3v) is 5.39. The average molecular weight is 370 g/mol. The number of aromatic nitrogens is 3. The van der Waals surface area contributed by atoms with Crippen molar-refractivity contribution < 1.29 is 9.32 Å². The van der Waals surface area contributed by atoms with E-state index in [9.17, 15) is 9.59 Å². The van der Waals surface area contributed by atoms with Crippen molar-refractivity contribution in [3.05, 3.63) is 68.4 Å². The second kappa shape index (κ2) is 7.25. The van der Waals surface area contributed by atoms with Gasteiger partial charge in [0.15, 0.2) is 5.69 Å². The minimum atomic E-state index is -0.151. The molecule has 3 aromatic rings. The first-order valence-electron chi connectivity index (χ1n) is 8.51. The monoisotopic (exact) mass is 370 g/mol. The van der Waals surface area contributed by atoms with Gasteiger partial charge in [0.1, 0.15) is 12.1 Å². The Kier molecular flexibility index (Phi) is 4.66. The zero-order valence-electron chi connectivity index (χ0n) is 14.1. The van der Waals surface area contributed by atoms with Crippen LogP contribution in [0.15, 0.2) is 45.2 Å². The number of nitrogens with one attached hydrogen (secondary N) is 1. The number of rotatable bonds is 4. The number of aromatic amines is 1. The molecule has 1 fully saturated rings. The first-order chi connectivity index (χ1) is 12.7. The summed E-state index contributed by atoms with van der Waals surface area (Å²) in [5.41, 5.74) is 0.905. The molecule has 0 spiro atoms. The van der Waals surface area contributed by atoms with Gasteiger partial charge in [-0.3, -0.25) is 9.59 Å². The maximum Gasteiger partial charge on any atom is 0.276 e. The van der Waals surface area contributed by atoms with Gasteiger partial charge in [-0.25, -0.2) is 4.98 Å². The van der Waals surface area contributed by atoms with Crippen LogP contribution in [-0.2, 0) is 6.42 Å². The number of piperidine rings is 1. The van der Waals surface area contributed by atoms with Crippen LogP contribution in [0.1, 0.15) is 45.6 Å². The number of hydrogen-bond acceptors (Lipinski definition) is 6. The third-order valence-electron chi connectivity index (χ3n) is 4.52. The van der Waals surface area contributed by atoms with Crippen LogP contribution in [0.2, 0.25) is 0 Å². The van der Waals surface area contributed by atoms with E-state index >= 15 is 0 Å². The van der Waals surface area contributed by atoms with Crippen LogP contribution >= 0.6 is 11.3 Å². The molecule has 7 nitrogen and oxygen atoms in total. The molecule has 1 N–H and O–H groups in total. The number of H-pyrrole nitrogens is 1. The molecular formula is C18H18N4O3S. The number of nitrogens with zero attached hydrogens (tertiary/aromatic N) is 3. The van der Waals surface area contributed by atoms with Crippen LogP contribution in [0, 0.1) is 0 Å². The summed E-state index contributed by atoms with van der Waals surface area (Å²) < 4.78 is 4.76. The molecule has 4 rings (SSSR count). The summed E-state index contributed by atoms with van der Waals surface area (Å²) in [6, 6.07) is 7.12. The summed E-state index contributed by atoms with van der Waals surface area (Å²) >= 11 is 1.64. The fraction of sp³-hybridized carbons (Fsp3) is 0.333. The fourth-order valence-corrected chi connectivity index (χ4v) is 4.00. The third kappa shape index (κ3) is 3.60. The molecule has 1 saturated heterocycles. The number of likely N-dealkylation sites (tertiary alicyclic amines) is 1. The fourth-order valence-electron chi connectivity index (χ4n) is 3.29. The standard InChI is InChI=1S/C18H18N4O3S/c23-17-10-15(19-16(20-17)9-13-4-2-8-26-13)12-3-1-6-22(11-12)18(24)14-5-7-25-21-14/h2,4-5,7-8,10,12H,1,3,6,9,11H2,(H,19,20,23). The Morgan fingerprint density at radius 3 is 3.12 bits per heavy atom. The number of carbonyl (C=O) groups is 1. The van der Waals surface area contributed by atoms with Gasteiger partial charge in [0.05, 0.1) is 5.69 Å². The average Bonchev–Trinajstić information content (AvgIpc) is 3.35. The van der Waals surface area contributed by atoms with Crippen molar-refractivity contribution in [2.24, 2.45) is 0 Å². The quantitative estimate of drug-likeness (QED) is 0.761. The van der Waals surface area contributed by atoms with Crippen LogP contribution in [-0.4, -0.2) is 39.0 Å². The van der Waals surface area contributed by atoms with E-state index in [0.717, 1.165) is 23.4 Å². The van der Waals surface area contributed by atoms with E-state index in [1.165, 1.54) is 6.26 Å². The highest BCUT2D eigenvalue weighted by atomic mass is 32.1. The topological polar surface area (TPSA) is 92.1 Å². The first-order valence-corrected chi connectivity index (χ1v) is 9.39. The van der Waals surface area contributed by atoms with Crippen molar-refractivity contribution in [3.63, 3.8) is 0 Å². The number of amides is 1. The van der Waals surface area contributed by atoms with Gasteiger partial charge in [-0.15, -0.1) is 11.3 Å². The van der Waals surface area contributed by atoms with Crippen molar-refractivity contribution in [2.75, 3.05) is 13.1 Å². The van der Waals surface area contributed by atoms with E-state index in [4.69, 9.17) is 4.52 Å². The smallest absolute Gasteiger partial charge is 0.276 e. The van der Waals surface area contributed by atoms with E-state index in [2.05, 4.69) is 15.1 Å². The van der Waals surface area contributed by atoms with E-state index in [-0.39, 0.29) is 17.4 Å². The number of hydrogen-bond donors (Lipinski definition) is 1. The van der Waals surface area contributed by atoms with Crippen LogP contribution in [0.25, 0.3) is 0 Å². The maximum atomic E-state index is 12.5. The zero-order chi connectivity index (χ0) is 17.9. The summed E-state index contributed by atoms with van der Waals surface area (Å²) in [5, 5.41) is 5.73. The molecule has 1 unspecified atom stereocenters. The van der Waals surface area contributed by atoms with Gasteiger partial charge in [0, 0.05) is 42.4 Å². The molecule has 0 aromatic carbocycles. The largest absolute Gasteiger partial charge is 0.364 e. The molecule has 1 aliphatic rings. The van der Waals surface area contributed by atoms with Crippen LogP contribution < -0.4 is 5.56 Å². The zero-order valence-corrected chi connectivity index (χ0v) is 14.9. The van der Waals surface area contributed by atoms with Gasteiger partial charge in [0.2, 0.25) is 0 Å². The van der Waals surface area contributed by atoms with Crippen molar-refractivity contribution in [1.29, 1.82) is 0 Å². The van der Waals surface area contributed by atoms with Crippen molar-refractivity contribution in [2.45, 2.75) is 25.2 Å². The predicted octanol–water partition coefficient (Wildman–Crippen LogP) is 2.43. The second-order valence-corrected chi connectivity index (χ2v) is 7.38. The van der Waals surface area contributed by atoms with Gasteiger partial charge < -0.3 is 14.4 Å². The molecule has 0 saturated carbocycles. The lowest BCUT2D eigenvalue weighted by Gasteiger charge is -2.32. The molecule has 1 atom stereocenters. The van der Waals surface area contributed by atoms with Gasteiger partial charge in [-0.1, -0.05) is 11.2 Å². The Morgan fingerprint density at radius 1 is 1.42 bits per heavy atom. The molecular weight excluding hydrogens is 352 g/mol. The van der Waals surface area contributed by atoms with E-state index in [1.54, 1.807) is 28.4 Å². The highest BCUT2D eigenvalue weighted by Crippen LogP contribution is 2.26. The molecule has 0 radical (unpaired) electrons. The second-order valence-electron chi connectivity index (χ2n) is 6.35. The molecule has 0 bridgehead atoms. The molecule has 1 amide bonds. The lowest BCUT2D eigenvalue weighted by molar-refractivity contribution is 0.0695. The van der Waals surface area contributed by atoms with Crippen molar-refractivity contribution in [1.82, 2.24) is 20.0 Å². The lowest BCUT2D eigenvalue weighted by Crippen LogP contribution is -2.39. The van der Waals surface area contributed by atoms with Gasteiger partial charge >= 0.3 is 0 Å². The summed E-state index contributed by atoms with van der Waals surface area (Å²) in [7, 11) is 0. The Labute approximate surface area is 153 Å². The minimum Gasteiger partial charge on any atom is -0.364 e. The van der Waals surface area contributed by atoms with E-state index in [1.807, 2.05) is 17.5 Å². The van der Waals surface area contributed by atoms with Crippen LogP contribution in [0.5, 0.6) is 0 Å².